The van der Waals surface area contributed by atoms with E-state index in [4.69, 9.17) is 0 Å². The number of unbranched alkanes of at least 4 members (excludes halogenated alkanes) is 1. The van der Waals surface area contributed by atoms with Gasteiger partial charge in [-0.2, -0.15) is 0 Å². The smallest absolute Gasteiger partial charge is 0.0599 e. The molecular formula is C31H45NO. The van der Waals surface area contributed by atoms with Crippen LogP contribution in [0.25, 0.3) is 6.08 Å². The highest BCUT2D eigenvalue weighted by atomic mass is 16.3. The standard InChI is InChI=1S/C31H45NO/c1-4-5-19-32-30-23(2)28-15-10-16-29(33)31(28,3)22-27(30)21-26-14-9-13-25(20-26)18-17-24-11-7-6-8-12-24/h9,13-14,20-21,23-24,28-30,32-33H,4-8,10-12,15-16,19,22H2,1-3H3/t23?,28?,29-,30?,31-/m0/s1. The fraction of sp³-hybridized carbons (Fsp3) is 0.677. The number of aliphatic hydroxyl groups excluding tert-OH is 1. The molecule has 180 valence electrons. The second-order valence-electron chi connectivity index (χ2n) is 11.3. The topological polar surface area (TPSA) is 32.3 Å². The lowest BCUT2D eigenvalue weighted by atomic mass is 9.53. The summed E-state index contributed by atoms with van der Waals surface area (Å²) in [5.74, 6) is 8.74. The van der Waals surface area contributed by atoms with Crippen molar-refractivity contribution in [3.8, 4) is 11.8 Å². The van der Waals surface area contributed by atoms with Crippen molar-refractivity contribution >= 4 is 6.08 Å². The lowest BCUT2D eigenvalue weighted by Crippen LogP contribution is -2.55. The normalized spacial score (nSPS) is 33.9. The number of nitrogens with one attached hydrogen (secondary N) is 1. The highest BCUT2D eigenvalue weighted by molar-refractivity contribution is 5.57. The Bertz CT molecular complexity index is 870. The molecule has 0 saturated heterocycles. The lowest BCUT2D eigenvalue weighted by molar-refractivity contribution is -0.0779. The van der Waals surface area contributed by atoms with E-state index in [1.807, 2.05) is 0 Å². The van der Waals surface area contributed by atoms with Gasteiger partial charge in [-0.25, -0.2) is 0 Å². The van der Waals surface area contributed by atoms with Crippen molar-refractivity contribution in [3.05, 3.63) is 41.0 Å². The molecule has 4 rings (SSSR count). The van der Waals surface area contributed by atoms with Crippen LogP contribution in [-0.4, -0.2) is 23.8 Å². The van der Waals surface area contributed by atoms with Crippen LogP contribution in [0.2, 0.25) is 0 Å². The Labute approximate surface area is 202 Å². The summed E-state index contributed by atoms with van der Waals surface area (Å²) < 4.78 is 0. The Balaban J connectivity index is 1.59. The third-order valence-electron chi connectivity index (χ3n) is 8.91. The molecule has 0 amide bonds. The van der Waals surface area contributed by atoms with E-state index < -0.39 is 0 Å². The molecule has 0 aromatic heterocycles. The summed E-state index contributed by atoms with van der Waals surface area (Å²) in [5, 5.41) is 15.0. The minimum atomic E-state index is -0.189. The van der Waals surface area contributed by atoms with Gasteiger partial charge in [-0.05, 0) is 74.6 Å². The highest BCUT2D eigenvalue weighted by Gasteiger charge is 2.51. The van der Waals surface area contributed by atoms with Gasteiger partial charge in [0, 0.05) is 22.9 Å². The summed E-state index contributed by atoms with van der Waals surface area (Å²) >= 11 is 0. The zero-order valence-electron chi connectivity index (χ0n) is 21.2. The van der Waals surface area contributed by atoms with Gasteiger partial charge in [-0.3, -0.25) is 0 Å². The molecule has 33 heavy (non-hydrogen) atoms. The average Bonchev–Trinajstić information content (AvgIpc) is 2.82. The molecule has 0 bridgehead atoms. The second kappa shape index (κ2) is 11.2. The van der Waals surface area contributed by atoms with E-state index >= 15 is 0 Å². The quantitative estimate of drug-likeness (QED) is 0.377. The van der Waals surface area contributed by atoms with Crippen LogP contribution in [0.1, 0.15) is 103 Å². The maximum Gasteiger partial charge on any atom is 0.0599 e. The van der Waals surface area contributed by atoms with Gasteiger partial charge in [-0.15, -0.1) is 0 Å². The Kier molecular flexibility index (Phi) is 8.37. The predicted molar refractivity (Wildman–Crippen MR) is 140 cm³/mol. The second-order valence-corrected chi connectivity index (χ2v) is 11.3. The molecular weight excluding hydrogens is 402 g/mol. The zero-order valence-corrected chi connectivity index (χ0v) is 21.2. The molecule has 3 unspecified atom stereocenters. The summed E-state index contributed by atoms with van der Waals surface area (Å²) in [5.41, 5.74) is 3.85. The van der Waals surface area contributed by atoms with Crippen LogP contribution in [0, 0.1) is 35.0 Å². The number of rotatable bonds is 5. The zero-order chi connectivity index (χ0) is 23.3. The van der Waals surface area contributed by atoms with E-state index in [0.29, 0.717) is 23.8 Å². The van der Waals surface area contributed by atoms with E-state index in [9.17, 15) is 5.11 Å². The fourth-order valence-corrected chi connectivity index (χ4v) is 6.91. The van der Waals surface area contributed by atoms with Crippen molar-refractivity contribution < 1.29 is 5.11 Å². The van der Waals surface area contributed by atoms with Crippen LogP contribution in [0.4, 0.5) is 0 Å². The SMILES string of the molecule is CCCCNC1C(=Cc2cccc(C#CC3CCCCC3)c2)C[C@@]2(C)C(CCC[C@@H]2O)C1C. The van der Waals surface area contributed by atoms with E-state index in [0.717, 1.165) is 31.4 Å². The highest BCUT2D eigenvalue weighted by Crippen LogP contribution is 2.54. The van der Waals surface area contributed by atoms with Gasteiger partial charge in [0.2, 0.25) is 0 Å². The first-order valence-electron chi connectivity index (χ1n) is 13.7. The van der Waals surface area contributed by atoms with Crippen molar-refractivity contribution in [2.24, 2.45) is 23.2 Å². The van der Waals surface area contributed by atoms with Gasteiger partial charge in [0.1, 0.15) is 0 Å². The number of hydrogen-bond donors (Lipinski definition) is 2. The molecule has 0 spiro atoms. The van der Waals surface area contributed by atoms with Crippen LogP contribution in [0.5, 0.6) is 0 Å². The van der Waals surface area contributed by atoms with Gasteiger partial charge in [0.25, 0.3) is 0 Å². The summed E-state index contributed by atoms with van der Waals surface area (Å²) in [6, 6.07) is 9.20. The Morgan fingerprint density at radius 1 is 1.12 bits per heavy atom. The Hall–Kier alpha value is -1.56. The van der Waals surface area contributed by atoms with Gasteiger partial charge < -0.3 is 10.4 Å². The summed E-state index contributed by atoms with van der Waals surface area (Å²) in [4.78, 5) is 0. The maximum absolute atomic E-state index is 11.0. The molecule has 3 aliphatic rings. The summed E-state index contributed by atoms with van der Waals surface area (Å²) in [7, 11) is 0. The molecule has 3 fully saturated rings. The molecule has 2 N–H and O–H groups in total. The van der Waals surface area contributed by atoms with Gasteiger partial charge in [0.05, 0.1) is 6.10 Å². The summed E-state index contributed by atoms with van der Waals surface area (Å²) in [6.45, 7) is 8.10. The summed E-state index contributed by atoms with van der Waals surface area (Å²) in [6.07, 6.45) is 15.6. The van der Waals surface area contributed by atoms with Crippen molar-refractivity contribution in [1.82, 2.24) is 5.32 Å². The molecule has 0 radical (unpaired) electrons. The van der Waals surface area contributed by atoms with Crippen molar-refractivity contribution in [2.45, 2.75) is 104 Å². The van der Waals surface area contributed by atoms with Crippen molar-refractivity contribution in [2.75, 3.05) is 6.54 Å². The first kappa shape index (κ1) is 24.6. The molecule has 1 aromatic carbocycles. The lowest BCUT2D eigenvalue weighted by Gasteiger charge is -2.55. The number of fused-ring (bicyclic) bond motifs is 1. The molecule has 0 heterocycles. The number of aliphatic hydroxyl groups is 1. The van der Waals surface area contributed by atoms with Gasteiger partial charge in [0.15, 0.2) is 0 Å². The maximum atomic E-state index is 11.0. The Morgan fingerprint density at radius 3 is 2.73 bits per heavy atom. The van der Waals surface area contributed by atoms with E-state index in [2.05, 4.69) is 68.3 Å². The molecule has 1 aromatic rings. The van der Waals surface area contributed by atoms with Gasteiger partial charge >= 0.3 is 0 Å². The molecule has 2 heteroatoms. The van der Waals surface area contributed by atoms with E-state index in [1.165, 1.54) is 62.5 Å². The molecule has 3 aliphatic carbocycles. The van der Waals surface area contributed by atoms with E-state index in [1.54, 1.807) is 0 Å². The largest absolute Gasteiger partial charge is 0.393 e. The average molecular weight is 448 g/mol. The first-order chi connectivity index (χ1) is 16.0. The van der Waals surface area contributed by atoms with Crippen LogP contribution in [0.15, 0.2) is 29.8 Å². The monoisotopic (exact) mass is 447 g/mol. The minimum Gasteiger partial charge on any atom is -0.393 e. The fourth-order valence-electron chi connectivity index (χ4n) is 6.91. The van der Waals surface area contributed by atoms with Crippen LogP contribution in [0.3, 0.4) is 0 Å². The Morgan fingerprint density at radius 2 is 1.94 bits per heavy atom. The molecule has 3 saturated carbocycles. The van der Waals surface area contributed by atoms with Crippen molar-refractivity contribution in [3.63, 3.8) is 0 Å². The van der Waals surface area contributed by atoms with Crippen LogP contribution in [-0.2, 0) is 0 Å². The predicted octanol–water partition coefficient (Wildman–Crippen LogP) is 6.97. The van der Waals surface area contributed by atoms with Crippen LogP contribution >= 0.6 is 0 Å². The molecule has 0 aliphatic heterocycles. The molecule has 5 atom stereocenters. The van der Waals surface area contributed by atoms with Crippen LogP contribution < -0.4 is 5.32 Å². The number of hydrogen-bond acceptors (Lipinski definition) is 2. The third-order valence-corrected chi connectivity index (χ3v) is 8.91. The third kappa shape index (κ3) is 5.75. The molecule has 2 nitrogen and oxygen atoms in total. The number of benzene rings is 1. The van der Waals surface area contributed by atoms with Gasteiger partial charge in [-0.1, -0.05) is 88.5 Å². The minimum absolute atomic E-state index is 0.00909. The van der Waals surface area contributed by atoms with E-state index in [-0.39, 0.29) is 11.5 Å². The first-order valence-corrected chi connectivity index (χ1v) is 13.7. The van der Waals surface area contributed by atoms with Crippen molar-refractivity contribution in [1.29, 1.82) is 0 Å².